The van der Waals surface area contributed by atoms with Crippen molar-refractivity contribution in [3.8, 4) is 5.75 Å². The number of carbonyl (C=O) groups is 1. The van der Waals surface area contributed by atoms with Crippen LogP contribution in [0.1, 0.15) is 30.5 Å². The van der Waals surface area contributed by atoms with Gasteiger partial charge in [0.25, 0.3) is 0 Å². The molecule has 0 radical (unpaired) electrons. The van der Waals surface area contributed by atoms with Crippen molar-refractivity contribution in [1.29, 1.82) is 0 Å². The number of hydrogen-bond donors (Lipinski definition) is 0. The van der Waals surface area contributed by atoms with Gasteiger partial charge in [-0.1, -0.05) is 47.6 Å². The van der Waals surface area contributed by atoms with Crippen LogP contribution in [0.2, 0.25) is 0 Å². The molecule has 0 aliphatic heterocycles. The van der Waals surface area contributed by atoms with Crippen LogP contribution >= 0.6 is 0 Å². The highest BCUT2D eigenvalue weighted by Gasteiger charge is 2.15. The number of hydrogen-bond acceptors (Lipinski definition) is 4. The molecule has 0 N–H and O–H groups in total. The third kappa shape index (κ3) is 5.34. The van der Waals surface area contributed by atoms with Crippen LogP contribution < -0.4 is 4.74 Å². The van der Waals surface area contributed by atoms with Crippen LogP contribution in [0.5, 0.6) is 5.75 Å². The average molecular weight is 325 g/mol. The maximum absolute atomic E-state index is 11.6. The first-order chi connectivity index (χ1) is 11.7. The first-order valence-corrected chi connectivity index (χ1v) is 7.69. The lowest BCUT2D eigenvalue weighted by Crippen LogP contribution is -2.09. The van der Waals surface area contributed by atoms with E-state index < -0.39 is 6.04 Å². The van der Waals surface area contributed by atoms with Crippen molar-refractivity contribution in [3.05, 3.63) is 76.2 Å². The summed E-state index contributed by atoms with van der Waals surface area (Å²) in [5, 5.41) is 3.68. The van der Waals surface area contributed by atoms with Crippen LogP contribution in [0, 0.1) is 0 Å². The highest BCUT2D eigenvalue weighted by atomic mass is 16.5. The van der Waals surface area contributed by atoms with Gasteiger partial charge in [-0.2, -0.15) is 0 Å². The van der Waals surface area contributed by atoms with E-state index in [0.717, 1.165) is 11.1 Å². The highest BCUT2D eigenvalue weighted by Crippen LogP contribution is 2.25. The third-order valence-corrected chi connectivity index (χ3v) is 3.37. The number of esters is 1. The van der Waals surface area contributed by atoms with Gasteiger partial charge in [0.2, 0.25) is 0 Å². The molecule has 0 heterocycles. The van der Waals surface area contributed by atoms with Crippen molar-refractivity contribution in [2.45, 2.75) is 26.0 Å². The van der Waals surface area contributed by atoms with Gasteiger partial charge < -0.3 is 9.47 Å². The molecule has 0 fully saturated rings. The maximum Gasteiger partial charge on any atom is 0.306 e. The monoisotopic (exact) mass is 325 g/mol. The fourth-order valence-electron chi connectivity index (χ4n) is 2.19. The zero-order chi connectivity index (χ0) is 17.2. The molecule has 2 aromatic carbocycles. The predicted octanol–water partition coefficient (Wildman–Crippen LogP) is 4.57. The Morgan fingerprint density at radius 1 is 1.17 bits per heavy atom. The maximum atomic E-state index is 11.6. The molecule has 0 saturated carbocycles. The Hall–Kier alpha value is -2.98. The highest BCUT2D eigenvalue weighted by molar-refractivity contribution is 5.70. The number of rotatable bonds is 8. The Balaban J connectivity index is 2.00. The second kappa shape index (κ2) is 9.22. The summed E-state index contributed by atoms with van der Waals surface area (Å²) >= 11 is 0. The van der Waals surface area contributed by atoms with Crippen molar-refractivity contribution in [2.75, 3.05) is 6.61 Å². The lowest BCUT2D eigenvalue weighted by Gasteiger charge is -2.12. The molecular formula is C18H19N3O3. The van der Waals surface area contributed by atoms with E-state index in [2.05, 4.69) is 10.0 Å². The standard InChI is InChI=1S/C18H19N3O3/c1-2-23-18(22)12-17(20-21-19)15-8-10-16(11-9-15)24-13-14-6-4-3-5-7-14/h3-11,17H,2,12-13H2,1H3/t17-/m1/s1. The first-order valence-electron chi connectivity index (χ1n) is 7.69. The van der Waals surface area contributed by atoms with Crippen LogP contribution in [0.15, 0.2) is 59.7 Å². The van der Waals surface area contributed by atoms with Gasteiger partial charge in [0.15, 0.2) is 0 Å². The third-order valence-electron chi connectivity index (χ3n) is 3.37. The van der Waals surface area contributed by atoms with E-state index in [9.17, 15) is 4.79 Å². The fraction of sp³-hybridized carbons (Fsp3) is 0.278. The van der Waals surface area contributed by atoms with Gasteiger partial charge in [0, 0.05) is 4.91 Å². The first kappa shape index (κ1) is 17.4. The van der Waals surface area contributed by atoms with Crippen molar-refractivity contribution in [2.24, 2.45) is 5.11 Å². The van der Waals surface area contributed by atoms with E-state index in [4.69, 9.17) is 15.0 Å². The summed E-state index contributed by atoms with van der Waals surface area (Å²) < 4.78 is 10.6. The predicted molar refractivity (Wildman–Crippen MR) is 90.4 cm³/mol. The number of carbonyl (C=O) groups excluding carboxylic acids is 1. The smallest absolute Gasteiger partial charge is 0.306 e. The van der Waals surface area contributed by atoms with Crippen molar-refractivity contribution in [3.63, 3.8) is 0 Å². The second-order valence-electron chi connectivity index (χ2n) is 5.07. The Bertz CT molecular complexity index is 695. The van der Waals surface area contributed by atoms with Gasteiger partial charge >= 0.3 is 5.97 Å². The number of nitrogens with zero attached hydrogens (tertiary/aromatic N) is 3. The summed E-state index contributed by atoms with van der Waals surface area (Å²) in [5.74, 6) is 0.317. The topological polar surface area (TPSA) is 84.3 Å². The molecule has 0 spiro atoms. The average Bonchev–Trinajstić information content (AvgIpc) is 2.61. The molecule has 0 aliphatic rings. The molecule has 124 valence electrons. The number of ether oxygens (including phenoxy) is 2. The molecule has 0 amide bonds. The summed E-state index contributed by atoms with van der Waals surface area (Å²) in [6.07, 6.45) is 0.0160. The summed E-state index contributed by atoms with van der Waals surface area (Å²) in [7, 11) is 0. The van der Waals surface area contributed by atoms with Gasteiger partial charge in [-0.3, -0.25) is 4.79 Å². The molecule has 0 aromatic heterocycles. The molecule has 6 nitrogen and oxygen atoms in total. The summed E-state index contributed by atoms with van der Waals surface area (Å²) in [5.41, 5.74) is 10.5. The van der Waals surface area contributed by atoms with Crippen LogP contribution in [0.4, 0.5) is 0 Å². The number of benzene rings is 2. The van der Waals surface area contributed by atoms with E-state index in [1.54, 1.807) is 31.2 Å². The second-order valence-corrected chi connectivity index (χ2v) is 5.07. The molecule has 0 bridgehead atoms. The van der Waals surface area contributed by atoms with Gasteiger partial charge in [-0.05, 0) is 35.7 Å². The Kier molecular flexibility index (Phi) is 6.68. The SMILES string of the molecule is CCOC(=O)C[C@@H](N=[N+]=[N-])c1ccc(OCc2ccccc2)cc1. The Morgan fingerprint density at radius 2 is 1.88 bits per heavy atom. The van der Waals surface area contributed by atoms with Crippen molar-refractivity contribution < 1.29 is 14.3 Å². The molecule has 0 aliphatic carbocycles. The van der Waals surface area contributed by atoms with Crippen molar-refractivity contribution in [1.82, 2.24) is 0 Å². The number of azide groups is 1. The largest absolute Gasteiger partial charge is 0.489 e. The fourth-order valence-corrected chi connectivity index (χ4v) is 2.19. The van der Waals surface area contributed by atoms with Crippen LogP contribution in [-0.4, -0.2) is 12.6 Å². The van der Waals surface area contributed by atoms with Gasteiger partial charge in [-0.15, -0.1) is 0 Å². The molecule has 24 heavy (non-hydrogen) atoms. The van der Waals surface area contributed by atoms with E-state index >= 15 is 0 Å². The van der Waals surface area contributed by atoms with Crippen LogP contribution in [0.3, 0.4) is 0 Å². The minimum atomic E-state index is -0.586. The Morgan fingerprint density at radius 3 is 2.50 bits per heavy atom. The molecule has 2 rings (SSSR count). The minimum Gasteiger partial charge on any atom is -0.489 e. The van der Waals surface area contributed by atoms with E-state index in [1.165, 1.54) is 0 Å². The summed E-state index contributed by atoms with van der Waals surface area (Å²) in [4.78, 5) is 14.4. The van der Waals surface area contributed by atoms with E-state index in [1.807, 2.05) is 30.3 Å². The van der Waals surface area contributed by atoms with E-state index in [0.29, 0.717) is 19.0 Å². The molecule has 1 atom stereocenters. The van der Waals surface area contributed by atoms with E-state index in [-0.39, 0.29) is 12.4 Å². The molecule has 2 aromatic rings. The lowest BCUT2D eigenvalue weighted by atomic mass is 10.0. The summed E-state index contributed by atoms with van der Waals surface area (Å²) in [6.45, 7) is 2.51. The van der Waals surface area contributed by atoms with Gasteiger partial charge in [0.1, 0.15) is 12.4 Å². The van der Waals surface area contributed by atoms with Crippen LogP contribution in [-0.2, 0) is 16.1 Å². The normalized spacial score (nSPS) is 11.2. The Labute approximate surface area is 140 Å². The van der Waals surface area contributed by atoms with Gasteiger partial charge in [0.05, 0.1) is 19.1 Å². The molecule has 0 saturated heterocycles. The quantitative estimate of drug-likeness (QED) is 0.308. The zero-order valence-corrected chi connectivity index (χ0v) is 13.5. The molecule has 6 heteroatoms. The zero-order valence-electron chi connectivity index (χ0n) is 13.5. The summed E-state index contributed by atoms with van der Waals surface area (Å²) in [6, 6.07) is 16.4. The van der Waals surface area contributed by atoms with Gasteiger partial charge in [-0.25, -0.2) is 0 Å². The molecular weight excluding hydrogens is 306 g/mol. The molecule has 0 unspecified atom stereocenters. The minimum absolute atomic E-state index is 0.0160. The lowest BCUT2D eigenvalue weighted by molar-refractivity contribution is -0.143. The van der Waals surface area contributed by atoms with Crippen LogP contribution in [0.25, 0.3) is 10.4 Å². The van der Waals surface area contributed by atoms with Crippen molar-refractivity contribution >= 4 is 5.97 Å².